The summed E-state index contributed by atoms with van der Waals surface area (Å²) in [5.41, 5.74) is 1.09. The second kappa shape index (κ2) is 4.31. The average molecular weight is 267 g/mol. The molecule has 94 valence electrons. The molecule has 2 aromatic heterocycles. The van der Waals surface area contributed by atoms with Crippen molar-refractivity contribution in [2.45, 2.75) is 18.9 Å². The quantitative estimate of drug-likeness (QED) is 0.781. The summed E-state index contributed by atoms with van der Waals surface area (Å²) < 4.78 is 1.30. The zero-order valence-electron chi connectivity index (χ0n) is 10.3. The second-order valence-corrected chi connectivity index (χ2v) is 5.95. The molecular weight excluding hydrogens is 254 g/mol. The third-order valence-corrected chi connectivity index (χ3v) is 4.44. The highest BCUT2D eigenvalue weighted by Crippen LogP contribution is 2.33. The van der Waals surface area contributed by atoms with Crippen LogP contribution in [-0.2, 0) is 0 Å². The van der Waals surface area contributed by atoms with Crippen molar-refractivity contribution in [2.75, 3.05) is 5.32 Å². The number of nitrogens with zero attached hydrogens (tertiary/aromatic N) is 2. The van der Waals surface area contributed by atoms with Gasteiger partial charge in [0, 0.05) is 33.6 Å². The maximum absolute atomic E-state index is 4.39. The SMILES string of the molecule is c1ccc2sc(-c3cnc(NC4CC4)nc3)cc2c1. The summed E-state index contributed by atoms with van der Waals surface area (Å²) in [7, 11) is 0. The van der Waals surface area contributed by atoms with Crippen LogP contribution in [0.5, 0.6) is 0 Å². The van der Waals surface area contributed by atoms with E-state index in [9.17, 15) is 0 Å². The van der Waals surface area contributed by atoms with Gasteiger partial charge in [-0.2, -0.15) is 0 Å². The molecule has 0 aliphatic heterocycles. The molecule has 1 aliphatic rings. The van der Waals surface area contributed by atoms with E-state index in [1.165, 1.54) is 27.8 Å². The first-order valence-corrected chi connectivity index (χ1v) is 7.28. The van der Waals surface area contributed by atoms with Gasteiger partial charge in [0.2, 0.25) is 5.95 Å². The van der Waals surface area contributed by atoms with Crippen LogP contribution >= 0.6 is 11.3 Å². The second-order valence-electron chi connectivity index (χ2n) is 4.86. The van der Waals surface area contributed by atoms with Gasteiger partial charge in [-0.15, -0.1) is 11.3 Å². The molecule has 1 fully saturated rings. The lowest BCUT2D eigenvalue weighted by Gasteiger charge is -2.02. The van der Waals surface area contributed by atoms with Gasteiger partial charge in [0.15, 0.2) is 0 Å². The zero-order valence-corrected chi connectivity index (χ0v) is 11.2. The van der Waals surface area contributed by atoms with E-state index in [1.54, 1.807) is 11.3 Å². The molecule has 4 heteroatoms. The fourth-order valence-corrected chi connectivity index (χ4v) is 3.10. The van der Waals surface area contributed by atoms with Crippen LogP contribution < -0.4 is 5.32 Å². The number of nitrogens with one attached hydrogen (secondary N) is 1. The van der Waals surface area contributed by atoms with E-state index in [-0.39, 0.29) is 0 Å². The fourth-order valence-electron chi connectivity index (χ4n) is 2.06. The summed E-state index contributed by atoms with van der Waals surface area (Å²) in [6, 6.07) is 11.2. The van der Waals surface area contributed by atoms with E-state index in [1.807, 2.05) is 12.4 Å². The Kier molecular flexibility index (Phi) is 2.48. The summed E-state index contributed by atoms with van der Waals surface area (Å²) >= 11 is 1.78. The lowest BCUT2D eigenvalue weighted by Crippen LogP contribution is -2.04. The summed E-state index contributed by atoms with van der Waals surface area (Å²) in [6.45, 7) is 0. The van der Waals surface area contributed by atoms with Crippen LogP contribution in [0.4, 0.5) is 5.95 Å². The maximum Gasteiger partial charge on any atom is 0.222 e. The van der Waals surface area contributed by atoms with Crippen molar-refractivity contribution in [2.24, 2.45) is 0 Å². The van der Waals surface area contributed by atoms with E-state index in [0.717, 1.165) is 11.5 Å². The van der Waals surface area contributed by atoms with Gasteiger partial charge in [-0.25, -0.2) is 9.97 Å². The molecule has 0 bridgehead atoms. The van der Waals surface area contributed by atoms with Gasteiger partial charge in [0.05, 0.1) is 0 Å². The number of fused-ring (bicyclic) bond motifs is 1. The van der Waals surface area contributed by atoms with Crippen molar-refractivity contribution in [1.82, 2.24) is 9.97 Å². The molecule has 4 rings (SSSR count). The molecule has 1 aromatic carbocycles. The molecule has 0 unspecified atom stereocenters. The topological polar surface area (TPSA) is 37.8 Å². The van der Waals surface area contributed by atoms with Crippen molar-refractivity contribution < 1.29 is 0 Å². The molecule has 0 radical (unpaired) electrons. The van der Waals surface area contributed by atoms with Gasteiger partial charge in [0.25, 0.3) is 0 Å². The van der Waals surface area contributed by atoms with E-state index < -0.39 is 0 Å². The molecular formula is C15H13N3S. The van der Waals surface area contributed by atoms with Crippen molar-refractivity contribution >= 4 is 27.4 Å². The summed E-state index contributed by atoms with van der Waals surface area (Å²) in [5, 5.41) is 4.58. The van der Waals surface area contributed by atoms with Crippen LogP contribution in [0.1, 0.15) is 12.8 Å². The molecule has 0 atom stereocenters. The minimum Gasteiger partial charge on any atom is -0.351 e. The number of hydrogen-bond acceptors (Lipinski definition) is 4. The highest BCUT2D eigenvalue weighted by molar-refractivity contribution is 7.22. The highest BCUT2D eigenvalue weighted by Gasteiger charge is 2.21. The first kappa shape index (κ1) is 10.9. The van der Waals surface area contributed by atoms with Crippen LogP contribution in [-0.4, -0.2) is 16.0 Å². The third kappa shape index (κ3) is 2.19. The van der Waals surface area contributed by atoms with Gasteiger partial charge in [-0.3, -0.25) is 0 Å². The zero-order chi connectivity index (χ0) is 12.7. The van der Waals surface area contributed by atoms with Crippen LogP contribution in [0.15, 0.2) is 42.7 Å². The minimum absolute atomic E-state index is 0.593. The smallest absolute Gasteiger partial charge is 0.222 e. The summed E-state index contributed by atoms with van der Waals surface area (Å²) in [5.74, 6) is 0.743. The first-order valence-electron chi connectivity index (χ1n) is 6.46. The molecule has 0 saturated heterocycles. The molecule has 1 N–H and O–H groups in total. The summed E-state index contributed by atoms with van der Waals surface area (Å²) in [6.07, 6.45) is 6.29. The van der Waals surface area contributed by atoms with Crippen LogP contribution in [0.3, 0.4) is 0 Å². The Balaban J connectivity index is 1.66. The molecule has 1 saturated carbocycles. The Hall–Kier alpha value is -1.94. The monoisotopic (exact) mass is 267 g/mol. The number of anilines is 1. The van der Waals surface area contributed by atoms with Gasteiger partial charge >= 0.3 is 0 Å². The summed E-state index contributed by atoms with van der Waals surface area (Å²) in [4.78, 5) is 10.0. The fraction of sp³-hybridized carbons (Fsp3) is 0.200. The Bertz CT molecular complexity index is 681. The molecule has 3 aromatic rings. The Morgan fingerprint density at radius 1 is 1.11 bits per heavy atom. The lowest BCUT2D eigenvalue weighted by atomic mass is 10.2. The standard InChI is InChI=1S/C15H13N3S/c1-2-4-13-10(3-1)7-14(19-13)11-8-16-15(17-9-11)18-12-5-6-12/h1-4,7-9,12H,5-6H2,(H,16,17,18). The number of thiophene rings is 1. The molecule has 1 aliphatic carbocycles. The first-order chi connectivity index (χ1) is 9.38. The van der Waals surface area contributed by atoms with Gasteiger partial charge in [-0.05, 0) is 30.4 Å². The largest absolute Gasteiger partial charge is 0.351 e. The molecule has 3 nitrogen and oxygen atoms in total. The Morgan fingerprint density at radius 2 is 1.89 bits per heavy atom. The molecule has 19 heavy (non-hydrogen) atoms. The van der Waals surface area contributed by atoms with Crippen molar-refractivity contribution in [3.8, 4) is 10.4 Å². The molecule has 2 heterocycles. The minimum atomic E-state index is 0.593. The predicted octanol–water partition coefficient (Wildman–Crippen LogP) is 3.93. The van der Waals surface area contributed by atoms with E-state index in [2.05, 4.69) is 45.6 Å². The molecule has 0 amide bonds. The predicted molar refractivity (Wildman–Crippen MR) is 79.5 cm³/mol. The Labute approximate surface area is 115 Å². The number of benzene rings is 1. The maximum atomic E-state index is 4.39. The van der Waals surface area contributed by atoms with E-state index >= 15 is 0 Å². The number of hydrogen-bond donors (Lipinski definition) is 1. The van der Waals surface area contributed by atoms with Crippen LogP contribution in [0, 0.1) is 0 Å². The lowest BCUT2D eigenvalue weighted by molar-refractivity contribution is 1.05. The third-order valence-electron chi connectivity index (χ3n) is 3.27. The van der Waals surface area contributed by atoms with E-state index in [0.29, 0.717) is 6.04 Å². The van der Waals surface area contributed by atoms with Crippen LogP contribution in [0.25, 0.3) is 20.5 Å². The Morgan fingerprint density at radius 3 is 2.63 bits per heavy atom. The van der Waals surface area contributed by atoms with Gasteiger partial charge < -0.3 is 5.32 Å². The number of rotatable bonds is 3. The highest BCUT2D eigenvalue weighted by atomic mass is 32.1. The van der Waals surface area contributed by atoms with Gasteiger partial charge in [-0.1, -0.05) is 18.2 Å². The molecule has 0 spiro atoms. The van der Waals surface area contributed by atoms with Crippen molar-refractivity contribution in [1.29, 1.82) is 0 Å². The number of aromatic nitrogens is 2. The van der Waals surface area contributed by atoms with E-state index in [4.69, 9.17) is 0 Å². The van der Waals surface area contributed by atoms with Crippen LogP contribution in [0.2, 0.25) is 0 Å². The van der Waals surface area contributed by atoms with Crippen molar-refractivity contribution in [3.63, 3.8) is 0 Å². The normalized spacial score (nSPS) is 14.7. The van der Waals surface area contributed by atoms with Gasteiger partial charge in [0.1, 0.15) is 0 Å². The van der Waals surface area contributed by atoms with Crippen molar-refractivity contribution in [3.05, 3.63) is 42.7 Å². The average Bonchev–Trinajstić information content (AvgIpc) is 3.15.